The van der Waals surface area contributed by atoms with E-state index in [1.54, 1.807) is 18.1 Å². The Kier molecular flexibility index (Phi) is 9.88. The van der Waals surface area contributed by atoms with E-state index in [2.05, 4.69) is 67.4 Å². The topological polar surface area (TPSA) is 58.3 Å². The van der Waals surface area contributed by atoms with Crippen LogP contribution in [-0.4, -0.2) is 52.5 Å². The summed E-state index contributed by atoms with van der Waals surface area (Å²) in [7, 11) is 3.86. The molecule has 0 atom stereocenters. The molecular weight excluding hydrogens is 447 g/mol. The second-order valence-electron chi connectivity index (χ2n) is 5.47. The Morgan fingerprint density at radius 2 is 2.04 bits per heavy atom. The van der Waals surface area contributed by atoms with Gasteiger partial charge in [0.1, 0.15) is 12.2 Å². The monoisotopic (exact) mass is 474 g/mol. The molecule has 0 saturated carbocycles. The number of halogens is 1. The molecule has 8 heteroatoms. The molecule has 0 fully saturated rings. The summed E-state index contributed by atoms with van der Waals surface area (Å²) in [6, 6.07) is 8.64. The lowest BCUT2D eigenvalue weighted by molar-refractivity contribution is 0.472. The molecule has 1 N–H and O–H groups in total. The number of rotatable bonds is 7. The first-order valence-corrected chi connectivity index (χ1v) is 9.31. The number of guanidine groups is 1. The fourth-order valence-corrected chi connectivity index (χ4v) is 2.90. The molecule has 0 amide bonds. The number of aromatic nitrogens is 3. The van der Waals surface area contributed by atoms with Gasteiger partial charge in [0.15, 0.2) is 5.96 Å². The number of thioether (sulfide) groups is 1. The van der Waals surface area contributed by atoms with E-state index < -0.39 is 0 Å². The predicted octanol–water partition coefficient (Wildman–Crippen LogP) is 2.89. The summed E-state index contributed by atoms with van der Waals surface area (Å²) in [4.78, 5) is 7.77. The Morgan fingerprint density at radius 3 is 2.64 bits per heavy atom. The molecule has 0 aliphatic heterocycles. The molecule has 0 saturated heterocycles. The molecule has 0 aliphatic carbocycles. The van der Waals surface area contributed by atoms with Crippen molar-refractivity contribution in [1.82, 2.24) is 25.0 Å². The predicted molar refractivity (Wildman–Crippen MR) is 116 cm³/mol. The van der Waals surface area contributed by atoms with Gasteiger partial charge in [-0.05, 0) is 24.0 Å². The van der Waals surface area contributed by atoms with Crippen molar-refractivity contribution in [3.05, 3.63) is 42.0 Å². The summed E-state index contributed by atoms with van der Waals surface area (Å²) in [5.41, 5.74) is 1.27. The molecule has 0 unspecified atom stereocenters. The van der Waals surface area contributed by atoms with Gasteiger partial charge < -0.3 is 14.8 Å². The first kappa shape index (κ1) is 21.8. The van der Waals surface area contributed by atoms with Gasteiger partial charge in [0.05, 0.1) is 0 Å². The van der Waals surface area contributed by atoms with Crippen LogP contribution >= 0.6 is 35.7 Å². The van der Waals surface area contributed by atoms with Crippen molar-refractivity contribution in [2.24, 2.45) is 4.99 Å². The van der Waals surface area contributed by atoms with Gasteiger partial charge in [-0.15, -0.1) is 45.9 Å². The van der Waals surface area contributed by atoms with Crippen LogP contribution in [0.2, 0.25) is 0 Å². The second kappa shape index (κ2) is 11.3. The van der Waals surface area contributed by atoms with Gasteiger partial charge in [-0.2, -0.15) is 0 Å². The van der Waals surface area contributed by atoms with Crippen molar-refractivity contribution in [1.29, 1.82) is 0 Å². The third-order valence-corrected chi connectivity index (χ3v) is 4.54. The molecule has 0 spiro atoms. The molecule has 0 radical (unpaired) electrons. The third-order valence-electron chi connectivity index (χ3n) is 3.80. The van der Waals surface area contributed by atoms with Crippen LogP contribution < -0.4 is 5.32 Å². The van der Waals surface area contributed by atoms with E-state index in [9.17, 15) is 0 Å². The highest BCUT2D eigenvalue weighted by Gasteiger charge is 2.07. The van der Waals surface area contributed by atoms with Crippen LogP contribution in [0, 0.1) is 0 Å². The van der Waals surface area contributed by atoms with Crippen LogP contribution in [0.5, 0.6) is 0 Å². The van der Waals surface area contributed by atoms with E-state index in [4.69, 9.17) is 0 Å². The summed E-state index contributed by atoms with van der Waals surface area (Å²) >= 11 is 1.76. The summed E-state index contributed by atoms with van der Waals surface area (Å²) in [6.45, 7) is 4.52. The number of aryl methyl sites for hydroxylation is 1. The molecule has 0 bridgehead atoms. The Morgan fingerprint density at radius 1 is 1.32 bits per heavy atom. The van der Waals surface area contributed by atoms with E-state index in [1.807, 2.05) is 14.1 Å². The van der Waals surface area contributed by atoms with Gasteiger partial charge in [0.25, 0.3) is 0 Å². The molecule has 1 aromatic carbocycles. The minimum absolute atomic E-state index is 0. The van der Waals surface area contributed by atoms with E-state index in [-0.39, 0.29) is 24.0 Å². The second-order valence-corrected chi connectivity index (χ2v) is 6.35. The van der Waals surface area contributed by atoms with Crippen molar-refractivity contribution in [3.8, 4) is 0 Å². The zero-order valence-electron chi connectivity index (χ0n) is 15.3. The molecule has 6 nitrogen and oxygen atoms in total. The maximum Gasteiger partial charge on any atom is 0.193 e. The van der Waals surface area contributed by atoms with Gasteiger partial charge in [-0.1, -0.05) is 19.1 Å². The number of aliphatic imine (C=N–C) groups is 1. The molecular formula is C17H27IN6S. The van der Waals surface area contributed by atoms with Gasteiger partial charge in [0.2, 0.25) is 0 Å². The molecule has 138 valence electrons. The van der Waals surface area contributed by atoms with E-state index in [0.717, 1.165) is 37.8 Å². The number of hydrogen-bond donors (Lipinski definition) is 1. The van der Waals surface area contributed by atoms with Crippen LogP contribution in [0.1, 0.15) is 18.3 Å². The fourth-order valence-electron chi connectivity index (χ4n) is 2.49. The van der Waals surface area contributed by atoms with Crippen molar-refractivity contribution in [2.45, 2.75) is 31.3 Å². The number of nitrogens with one attached hydrogen (secondary N) is 1. The first-order chi connectivity index (χ1) is 11.7. The van der Waals surface area contributed by atoms with Gasteiger partial charge >= 0.3 is 0 Å². The summed E-state index contributed by atoms with van der Waals surface area (Å²) in [5.74, 6) is 1.89. The van der Waals surface area contributed by atoms with Crippen LogP contribution in [0.3, 0.4) is 0 Å². The van der Waals surface area contributed by atoms with Crippen molar-refractivity contribution < 1.29 is 0 Å². The summed E-state index contributed by atoms with van der Waals surface area (Å²) in [5, 5.41) is 11.5. The fraction of sp³-hybridized carbons (Fsp3) is 0.471. The number of nitrogens with zero attached hydrogens (tertiary/aromatic N) is 5. The average molecular weight is 474 g/mol. The lowest BCUT2D eigenvalue weighted by atomic mass is 10.2. The standard InChI is InChI=1S/C17H26N6S.HI/c1-5-16-21-20-13-23(16)11-10-19-17(18-2)22(3)12-14-6-8-15(24-4)9-7-14;/h6-9,13H,5,10-12H2,1-4H3,(H,18,19);1H. The first-order valence-electron chi connectivity index (χ1n) is 8.09. The van der Waals surface area contributed by atoms with Crippen molar-refractivity contribution in [3.63, 3.8) is 0 Å². The quantitative estimate of drug-likeness (QED) is 0.290. The molecule has 2 rings (SSSR count). The molecule has 1 heterocycles. The minimum Gasteiger partial charge on any atom is -0.354 e. The lowest BCUT2D eigenvalue weighted by Gasteiger charge is -2.22. The number of benzene rings is 1. The summed E-state index contributed by atoms with van der Waals surface area (Å²) in [6.07, 6.45) is 4.76. The van der Waals surface area contributed by atoms with Gasteiger partial charge in [0, 0.05) is 45.0 Å². The molecule has 25 heavy (non-hydrogen) atoms. The van der Waals surface area contributed by atoms with Crippen LogP contribution in [-0.2, 0) is 19.5 Å². The Balaban J connectivity index is 0.00000312. The van der Waals surface area contributed by atoms with E-state index in [1.165, 1.54) is 10.5 Å². The highest BCUT2D eigenvalue weighted by Crippen LogP contribution is 2.15. The van der Waals surface area contributed by atoms with Gasteiger partial charge in [-0.3, -0.25) is 4.99 Å². The van der Waals surface area contributed by atoms with Crippen LogP contribution in [0.15, 0.2) is 40.5 Å². The third kappa shape index (κ3) is 6.50. The molecule has 0 aliphatic rings. The Hall–Kier alpha value is -1.29. The van der Waals surface area contributed by atoms with Crippen LogP contribution in [0.25, 0.3) is 0 Å². The normalized spacial score (nSPS) is 11.1. The average Bonchev–Trinajstić information content (AvgIpc) is 3.06. The smallest absolute Gasteiger partial charge is 0.193 e. The van der Waals surface area contributed by atoms with E-state index in [0.29, 0.717) is 0 Å². The largest absolute Gasteiger partial charge is 0.354 e. The van der Waals surface area contributed by atoms with Crippen LogP contribution in [0.4, 0.5) is 0 Å². The minimum atomic E-state index is 0. The zero-order valence-corrected chi connectivity index (χ0v) is 18.4. The molecule has 1 aromatic heterocycles. The summed E-state index contributed by atoms with van der Waals surface area (Å²) < 4.78 is 2.07. The van der Waals surface area contributed by atoms with Crippen molar-refractivity contribution in [2.75, 3.05) is 26.9 Å². The highest BCUT2D eigenvalue weighted by molar-refractivity contribution is 14.0. The maximum absolute atomic E-state index is 4.37. The number of hydrogen-bond acceptors (Lipinski definition) is 4. The zero-order chi connectivity index (χ0) is 17.4. The van der Waals surface area contributed by atoms with E-state index >= 15 is 0 Å². The Bertz CT molecular complexity index is 655. The highest BCUT2D eigenvalue weighted by atomic mass is 127. The SMILES string of the molecule is CCc1nncn1CCNC(=NC)N(C)Cc1ccc(SC)cc1.I. The Labute approximate surface area is 171 Å². The van der Waals surface area contributed by atoms with Gasteiger partial charge in [-0.25, -0.2) is 0 Å². The molecule has 2 aromatic rings. The van der Waals surface area contributed by atoms with Crippen molar-refractivity contribution >= 4 is 41.7 Å². The lowest BCUT2D eigenvalue weighted by Crippen LogP contribution is -2.39. The maximum atomic E-state index is 4.37.